The van der Waals surface area contributed by atoms with Gasteiger partial charge in [-0.25, -0.2) is 0 Å². The molecule has 0 aliphatic heterocycles. The summed E-state index contributed by atoms with van der Waals surface area (Å²) in [5, 5.41) is 1.27. The molecule has 0 aromatic heterocycles. The number of hydrogen-bond donors (Lipinski definition) is 0. The van der Waals surface area contributed by atoms with Gasteiger partial charge in [0.05, 0.1) is 10.0 Å². The standard InChI is InChI=1S/C13H16Cl2/c1-3-5-6-10(4-2)11-7-8-12(14)13(15)9-11/h3,5,7-10H,4,6H2,1-2H3/b5-3-. The van der Waals surface area contributed by atoms with E-state index in [1.807, 2.05) is 19.1 Å². The first-order valence-electron chi connectivity index (χ1n) is 5.25. The van der Waals surface area contributed by atoms with Crippen molar-refractivity contribution in [3.63, 3.8) is 0 Å². The molecule has 0 spiro atoms. The van der Waals surface area contributed by atoms with E-state index >= 15 is 0 Å². The first kappa shape index (κ1) is 12.6. The van der Waals surface area contributed by atoms with Gasteiger partial charge in [0.1, 0.15) is 0 Å². The predicted molar refractivity (Wildman–Crippen MR) is 68.9 cm³/mol. The summed E-state index contributed by atoms with van der Waals surface area (Å²) in [7, 11) is 0. The maximum atomic E-state index is 6.00. The van der Waals surface area contributed by atoms with E-state index in [4.69, 9.17) is 23.2 Å². The number of rotatable bonds is 4. The minimum absolute atomic E-state index is 0.538. The topological polar surface area (TPSA) is 0 Å². The fourth-order valence-corrected chi connectivity index (χ4v) is 1.91. The third-order valence-corrected chi connectivity index (χ3v) is 3.30. The molecule has 2 heteroatoms. The average molecular weight is 243 g/mol. The Bertz CT molecular complexity index is 342. The van der Waals surface area contributed by atoms with E-state index in [0.717, 1.165) is 12.8 Å². The van der Waals surface area contributed by atoms with Crippen LogP contribution >= 0.6 is 23.2 Å². The van der Waals surface area contributed by atoms with Gasteiger partial charge in [0, 0.05) is 0 Å². The van der Waals surface area contributed by atoms with E-state index in [0.29, 0.717) is 16.0 Å². The zero-order valence-corrected chi connectivity index (χ0v) is 10.6. The lowest BCUT2D eigenvalue weighted by atomic mass is 9.93. The fraction of sp³-hybridized carbons (Fsp3) is 0.385. The second-order valence-electron chi connectivity index (χ2n) is 3.58. The van der Waals surface area contributed by atoms with Crippen molar-refractivity contribution in [2.45, 2.75) is 32.6 Å². The molecule has 1 atom stereocenters. The highest BCUT2D eigenvalue weighted by Gasteiger charge is 2.09. The summed E-state index contributed by atoms with van der Waals surface area (Å²) in [6, 6.07) is 5.91. The normalized spacial score (nSPS) is 13.3. The summed E-state index contributed by atoms with van der Waals surface area (Å²) in [5.41, 5.74) is 1.27. The number of allylic oxidation sites excluding steroid dienone is 2. The predicted octanol–water partition coefficient (Wildman–Crippen LogP) is 5.45. The minimum atomic E-state index is 0.538. The number of hydrogen-bond acceptors (Lipinski definition) is 0. The summed E-state index contributed by atoms with van der Waals surface area (Å²) in [5.74, 6) is 0.538. The van der Waals surface area contributed by atoms with Crippen molar-refractivity contribution in [2.75, 3.05) is 0 Å². The van der Waals surface area contributed by atoms with Gasteiger partial charge < -0.3 is 0 Å². The lowest BCUT2D eigenvalue weighted by molar-refractivity contribution is 0.674. The van der Waals surface area contributed by atoms with Crippen LogP contribution in [0.4, 0.5) is 0 Å². The highest BCUT2D eigenvalue weighted by molar-refractivity contribution is 6.42. The summed E-state index contributed by atoms with van der Waals surface area (Å²) >= 11 is 11.9. The Labute approximate surface area is 102 Å². The van der Waals surface area contributed by atoms with Crippen molar-refractivity contribution in [3.05, 3.63) is 46.0 Å². The molecule has 0 amide bonds. The molecule has 1 unspecified atom stereocenters. The van der Waals surface area contributed by atoms with Crippen molar-refractivity contribution in [2.24, 2.45) is 0 Å². The van der Waals surface area contributed by atoms with Crippen LogP contribution in [0.15, 0.2) is 30.4 Å². The van der Waals surface area contributed by atoms with Crippen LogP contribution in [-0.4, -0.2) is 0 Å². The van der Waals surface area contributed by atoms with Crippen molar-refractivity contribution in [1.82, 2.24) is 0 Å². The van der Waals surface area contributed by atoms with Gasteiger partial charge in [-0.2, -0.15) is 0 Å². The summed E-state index contributed by atoms with van der Waals surface area (Å²) < 4.78 is 0. The maximum absolute atomic E-state index is 6.00. The van der Waals surface area contributed by atoms with Gasteiger partial charge in [0.2, 0.25) is 0 Å². The van der Waals surface area contributed by atoms with E-state index in [-0.39, 0.29) is 0 Å². The smallest absolute Gasteiger partial charge is 0.0595 e. The van der Waals surface area contributed by atoms with E-state index in [2.05, 4.69) is 25.1 Å². The van der Waals surface area contributed by atoms with Gasteiger partial charge in [-0.05, 0) is 43.4 Å². The van der Waals surface area contributed by atoms with Gasteiger partial charge in [-0.3, -0.25) is 0 Å². The first-order chi connectivity index (χ1) is 7.19. The van der Waals surface area contributed by atoms with Crippen molar-refractivity contribution in [3.8, 4) is 0 Å². The van der Waals surface area contributed by atoms with Gasteiger partial charge in [-0.15, -0.1) is 0 Å². The van der Waals surface area contributed by atoms with Crippen LogP contribution in [-0.2, 0) is 0 Å². The molecule has 0 saturated heterocycles. The minimum Gasteiger partial charge on any atom is -0.0916 e. The van der Waals surface area contributed by atoms with Crippen molar-refractivity contribution < 1.29 is 0 Å². The van der Waals surface area contributed by atoms with Crippen LogP contribution in [0.2, 0.25) is 10.0 Å². The zero-order chi connectivity index (χ0) is 11.3. The Morgan fingerprint density at radius 2 is 2.00 bits per heavy atom. The molecule has 0 radical (unpaired) electrons. The average Bonchev–Trinajstić information content (AvgIpc) is 2.24. The third-order valence-electron chi connectivity index (χ3n) is 2.56. The monoisotopic (exact) mass is 242 g/mol. The molecule has 0 heterocycles. The molecule has 82 valence electrons. The molecular weight excluding hydrogens is 227 g/mol. The molecule has 0 nitrogen and oxygen atoms in total. The van der Waals surface area contributed by atoms with E-state index in [9.17, 15) is 0 Å². The molecule has 15 heavy (non-hydrogen) atoms. The highest BCUT2D eigenvalue weighted by atomic mass is 35.5. The Balaban J connectivity index is 2.87. The van der Waals surface area contributed by atoms with Crippen LogP contribution < -0.4 is 0 Å². The van der Waals surface area contributed by atoms with Crippen LogP contribution in [0, 0.1) is 0 Å². The molecule has 1 aromatic carbocycles. The zero-order valence-electron chi connectivity index (χ0n) is 9.13. The summed E-state index contributed by atoms with van der Waals surface area (Å²) in [4.78, 5) is 0. The number of benzene rings is 1. The Kier molecular flexibility index (Phi) is 5.21. The molecular formula is C13H16Cl2. The van der Waals surface area contributed by atoms with Crippen LogP contribution in [0.1, 0.15) is 38.2 Å². The summed E-state index contributed by atoms with van der Waals surface area (Å²) in [6.45, 7) is 4.23. The second kappa shape index (κ2) is 6.19. The molecule has 0 saturated carbocycles. The largest absolute Gasteiger partial charge is 0.0916 e. The van der Waals surface area contributed by atoms with E-state index in [1.165, 1.54) is 5.56 Å². The van der Waals surface area contributed by atoms with Crippen LogP contribution in [0.5, 0.6) is 0 Å². The third kappa shape index (κ3) is 3.55. The molecule has 0 aliphatic rings. The van der Waals surface area contributed by atoms with Crippen LogP contribution in [0.3, 0.4) is 0 Å². The van der Waals surface area contributed by atoms with Gasteiger partial charge in [0.25, 0.3) is 0 Å². The lowest BCUT2D eigenvalue weighted by Gasteiger charge is -2.13. The summed E-state index contributed by atoms with van der Waals surface area (Å²) in [6.07, 6.45) is 6.45. The van der Waals surface area contributed by atoms with E-state index in [1.54, 1.807) is 0 Å². The Morgan fingerprint density at radius 1 is 1.27 bits per heavy atom. The highest BCUT2D eigenvalue weighted by Crippen LogP contribution is 2.29. The molecule has 1 aromatic rings. The second-order valence-corrected chi connectivity index (χ2v) is 4.40. The van der Waals surface area contributed by atoms with Crippen molar-refractivity contribution >= 4 is 23.2 Å². The fourth-order valence-electron chi connectivity index (χ4n) is 1.61. The molecule has 1 rings (SSSR count). The Morgan fingerprint density at radius 3 is 2.53 bits per heavy atom. The van der Waals surface area contributed by atoms with Gasteiger partial charge in [-0.1, -0.05) is 48.3 Å². The maximum Gasteiger partial charge on any atom is 0.0595 e. The quantitative estimate of drug-likeness (QED) is 0.616. The molecule has 0 N–H and O–H groups in total. The lowest BCUT2D eigenvalue weighted by Crippen LogP contribution is -1.95. The van der Waals surface area contributed by atoms with Gasteiger partial charge in [0.15, 0.2) is 0 Å². The first-order valence-corrected chi connectivity index (χ1v) is 6.00. The molecule has 0 fully saturated rings. The van der Waals surface area contributed by atoms with Crippen LogP contribution in [0.25, 0.3) is 0 Å². The SMILES string of the molecule is C/C=C\CC(CC)c1ccc(Cl)c(Cl)c1. The molecule has 0 aliphatic carbocycles. The molecule has 0 bridgehead atoms. The van der Waals surface area contributed by atoms with Gasteiger partial charge >= 0.3 is 0 Å². The van der Waals surface area contributed by atoms with Crippen molar-refractivity contribution in [1.29, 1.82) is 0 Å². The number of halogens is 2. The Hall–Kier alpha value is -0.460. The van der Waals surface area contributed by atoms with E-state index < -0.39 is 0 Å².